The van der Waals surface area contributed by atoms with E-state index in [1.54, 1.807) is 74.5 Å². The second kappa shape index (κ2) is 14.6. The maximum Gasteiger partial charge on any atom is 0.264 e. The summed E-state index contributed by atoms with van der Waals surface area (Å²) in [4.78, 5) is 28.6. The number of rotatable bonds is 13. The Morgan fingerprint density at radius 3 is 2.22 bits per heavy atom. The fraction of sp³-hybridized carbons (Fsp3) is 0.333. The average molecular weight is 621 g/mol. The fourth-order valence-electron chi connectivity index (χ4n) is 4.06. The Morgan fingerprint density at radius 2 is 1.59 bits per heavy atom. The molecular weight excluding hydrogens is 585 g/mol. The zero-order valence-corrected chi connectivity index (χ0v) is 25.8. The van der Waals surface area contributed by atoms with Crippen molar-refractivity contribution in [3.8, 4) is 5.75 Å². The zero-order valence-electron chi connectivity index (χ0n) is 23.5. The van der Waals surface area contributed by atoms with Gasteiger partial charge in [-0.3, -0.25) is 13.9 Å². The highest BCUT2D eigenvalue weighted by molar-refractivity contribution is 7.92. The van der Waals surface area contributed by atoms with Crippen LogP contribution in [0.3, 0.4) is 0 Å². The number of halogens is 2. The monoisotopic (exact) mass is 619 g/mol. The number of nitrogens with one attached hydrogen (secondary N) is 1. The van der Waals surface area contributed by atoms with Crippen molar-refractivity contribution in [3.63, 3.8) is 0 Å². The normalized spacial score (nSPS) is 12.7. The van der Waals surface area contributed by atoms with Crippen molar-refractivity contribution in [1.29, 1.82) is 0 Å². The van der Waals surface area contributed by atoms with Crippen LogP contribution in [0.5, 0.6) is 5.75 Å². The van der Waals surface area contributed by atoms with Crippen molar-refractivity contribution >= 4 is 50.7 Å². The van der Waals surface area contributed by atoms with Crippen molar-refractivity contribution < 1.29 is 22.7 Å². The van der Waals surface area contributed by atoms with Gasteiger partial charge < -0.3 is 15.0 Å². The van der Waals surface area contributed by atoms with Gasteiger partial charge in [0.25, 0.3) is 10.0 Å². The first-order chi connectivity index (χ1) is 19.5. The van der Waals surface area contributed by atoms with Crippen molar-refractivity contribution in [3.05, 3.63) is 88.4 Å². The van der Waals surface area contributed by atoms with E-state index in [0.717, 1.165) is 4.31 Å². The molecule has 3 aromatic rings. The molecule has 1 N–H and O–H groups in total. The number of amides is 2. The maximum atomic E-state index is 14.1. The SMILES string of the molecule is CCOc1ccccc1N(CC(=O)N(Cc1ccc(Cl)c(Cl)c1)[C@H](C)C(=O)N[C@H](C)CC)S(=O)(=O)c1ccccc1. The third-order valence-electron chi connectivity index (χ3n) is 6.55. The molecule has 0 saturated heterocycles. The van der Waals surface area contributed by atoms with Crippen LogP contribution in [0, 0.1) is 0 Å². The smallest absolute Gasteiger partial charge is 0.264 e. The number of hydrogen-bond acceptors (Lipinski definition) is 5. The van der Waals surface area contributed by atoms with Crippen LogP contribution < -0.4 is 14.4 Å². The van der Waals surface area contributed by atoms with E-state index in [0.29, 0.717) is 34.4 Å². The third-order valence-corrected chi connectivity index (χ3v) is 9.06. The minimum atomic E-state index is -4.21. The van der Waals surface area contributed by atoms with Crippen molar-refractivity contribution in [2.75, 3.05) is 17.5 Å². The van der Waals surface area contributed by atoms with Crippen LogP contribution in [0.15, 0.2) is 77.7 Å². The van der Waals surface area contributed by atoms with Crippen LogP contribution >= 0.6 is 23.2 Å². The molecule has 0 unspecified atom stereocenters. The molecule has 0 saturated carbocycles. The lowest BCUT2D eigenvalue weighted by Crippen LogP contribution is -2.52. The first-order valence-electron chi connectivity index (χ1n) is 13.3. The minimum absolute atomic E-state index is 0.00283. The number of nitrogens with zero attached hydrogens (tertiary/aromatic N) is 2. The molecule has 0 aromatic heterocycles. The lowest BCUT2D eigenvalue weighted by molar-refractivity contribution is -0.139. The van der Waals surface area contributed by atoms with Crippen LogP contribution in [0.4, 0.5) is 5.69 Å². The summed E-state index contributed by atoms with van der Waals surface area (Å²) in [5, 5.41) is 3.55. The highest BCUT2D eigenvalue weighted by Gasteiger charge is 2.34. The Hall–Kier alpha value is -3.27. The standard InChI is InChI=1S/C30H35Cl2N3O5S/c1-5-21(3)33-30(37)22(4)34(19-23-16-17-25(31)26(32)18-23)29(36)20-35(27-14-10-11-15-28(27)40-6-2)41(38,39)24-12-8-7-9-13-24/h7-18,21-22H,5-6,19-20H2,1-4H3,(H,33,37)/t21-,22-/m1/s1. The molecule has 0 fully saturated rings. The van der Waals surface area contributed by atoms with Crippen molar-refractivity contribution in [1.82, 2.24) is 10.2 Å². The molecule has 2 amide bonds. The Labute approximate surface area is 252 Å². The molecule has 2 atom stereocenters. The highest BCUT2D eigenvalue weighted by Crippen LogP contribution is 2.33. The van der Waals surface area contributed by atoms with Crippen LogP contribution in [0.1, 0.15) is 39.7 Å². The molecule has 3 rings (SSSR count). The summed E-state index contributed by atoms with van der Waals surface area (Å²) in [6.45, 7) is 6.91. The topological polar surface area (TPSA) is 96.0 Å². The van der Waals surface area contributed by atoms with Crippen LogP contribution in [0.2, 0.25) is 10.0 Å². The molecule has 0 aliphatic rings. The van der Waals surface area contributed by atoms with E-state index >= 15 is 0 Å². The predicted octanol–water partition coefficient (Wildman–Crippen LogP) is 5.92. The zero-order chi connectivity index (χ0) is 30.2. The Bertz CT molecular complexity index is 1450. The second-order valence-corrected chi connectivity index (χ2v) is 12.2. The molecule has 0 aliphatic carbocycles. The molecule has 0 spiro atoms. The Kier molecular flexibility index (Phi) is 11.5. The number of anilines is 1. The molecular formula is C30H35Cl2N3O5S. The van der Waals surface area contributed by atoms with Gasteiger partial charge in [-0.1, -0.05) is 66.5 Å². The van der Waals surface area contributed by atoms with Gasteiger partial charge in [-0.2, -0.15) is 0 Å². The molecule has 0 radical (unpaired) electrons. The average Bonchev–Trinajstić information content (AvgIpc) is 2.96. The van der Waals surface area contributed by atoms with Gasteiger partial charge in [0, 0.05) is 12.6 Å². The number of carbonyl (C=O) groups excluding carboxylic acids is 2. The number of para-hydroxylation sites is 2. The second-order valence-electron chi connectivity index (χ2n) is 9.49. The van der Waals surface area contributed by atoms with E-state index in [2.05, 4.69) is 5.32 Å². The van der Waals surface area contributed by atoms with E-state index in [9.17, 15) is 18.0 Å². The van der Waals surface area contributed by atoms with Crippen LogP contribution in [0.25, 0.3) is 0 Å². The molecule has 41 heavy (non-hydrogen) atoms. The summed E-state index contributed by atoms with van der Waals surface area (Å²) in [5.74, 6) is -0.644. The third kappa shape index (κ3) is 8.15. The van der Waals surface area contributed by atoms with Crippen LogP contribution in [-0.2, 0) is 26.2 Å². The van der Waals surface area contributed by atoms with Crippen LogP contribution in [-0.4, -0.2) is 50.4 Å². The number of hydrogen-bond donors (Lipinski definition) is 1. The largest absolute Gasteiger partial charge is 0.492 e. The van der Waals surface area contributed by atoms with Crippen molar-refractivity contribution in [2.45, 2.75) is 57.6 Å². The summed E-state index contributed by atoms with van der Waals surface area (Å²) in [6.07, 6.45) is 0.705. The van der Waals surface area contributed by atoms with Gasteiger partial charge in [0.15, 0.2) is 0 Å². The van der Waals surface area contributed by atoms with E-state index in [1.165, 1.54) is 17.0 Å². The molecule has 0 bridgehead atoms. The van der Waals surface area contributed by atoms with Crippen molar-refractivity contribution in [2.24, 2.45) is 0 Å². The molecule has 11 heteroatoms. The number of benzene rings is 3. The first kappa shape index (κ1) is 32.2. The quantitative estimate of drug-likeness (QED) is 0.256. The summed E-state index contributed by atoms with van der Waals surface area (Å²) >= 11 is 12.3. The maximum absolute atomic E-state index is 14.1. The Balaban J connectivity index is 2.08. The summed E-state index contributed by atoms with van der Waals surface area (Å²) in [7, 11) is -4.21. The van der Waals surface area contributed by atoms with Gasteiger partial charge >= 0.3 is 0 Å². The summed E-state index contributed by atoms with van der Waals surface area (Å²) in [6, 6.07) is 18.4. The lowest BCUT2D eigenvalue weighted by atomic mass is 10.1. The van der Waals surface area contributed by atoms with Gasteiger partial charge in [-0.05, 0) is 69.2 Å². The van der Waals surface area contributed by atoms with Gasteiger partial charge in [0.1, 0.15) is 18.3 Å². The first-order valence-corrected chi connectivity index (χ1v) is 15.5. The fourth-order valence-corrected chi connectivity index (χ4v) is 5.82. The minimum Gasteiger partial charge on any atom is -0.492 e. The highest BCUT2D eigenvalue weighted by atomic mass is 35.5. The molecule has 220 valence electrons. The number of carbonyl (C=O) groups is 2. The number of ether oxygens (including phenoxy) is 1. The van der Waals surface area contributed by atoms with E-state index in [4.69, 9.17) is 27.9 Å². The predicted molar refractivity (Wildman–Crippen MR) is 163 cm³/mol. The number of sulfonamides is 1. The van der Waals surface area contributed by atoms with Gasteiger partial charge in [-0.25, -0.2) is 8.42 Å². The lowest BCUT2D eigenvalue weighted by Gasteiger charge is -2.33. The molecule has 8 nitrogen and oxygen atoms in total. The van der Waals surface area contributed by atoms with Gasteiger partial charge in [0.2, 0.25) is 11.8 Å². The van der Waals surface area contributed by atoms with E-state index < -0.39 is 28.5 Å². The molecule has 0 heterocycles. The summed E-state index contributed by atoms with van der Waals surface area (Å²) < 4.78 is 34.7. The Morgan fingerprint density at radius 1 is 0.927 bits per heavy atom. The molecule has 0 aliphatic heterocycles. The van der Waals surface area contributed by atoms with E-state index in [1.807, 2.05) is 13.8 Å². The summed E-state index contributed by atoms with van der Waals surface area (Å²) in [5.41, 5.74) is 0.834. The molecule has 3 aromatic carbocycles. The van der Waals surface area contributed by atoms with Gasteiger partial charge in [0.05, 0.1) is 27.2 Å². The van der Waals surface area contributed by atoms with Gasteiger partial charge in [-0.15, -0.1) is 0 Å². The van der Waals surface area contributed by atoms with E-state index in [-0.39, 0.29) is 29.1 Å².